The SMILES string of the molecule is COc1ccc(C)cc1Nc1c(F)cc(C(N)=S)cc1F. The summed E-state index contributed by atoms with van der Waals surface area (Å²) in [5, 5.41) is 2.71. The van der Waals surface area contributed by atoms with Gasteiger partial charge >= 0.3 is 0 Å². The summed E-state index contributed by atoms with van der Waals surface area (Å²) in [6, 6.07) is 7.48. The van der Waals surface area contributed by atoms with Gasteiger partial charge in [0.1, 0.15) is 28.1 Å². The molecule has 0 amide bonds. The van der Waals surface area contributed by atoms with Crippen LogP contribution in [0.3, 0.4) is 0 Å². The van der Waals surface area contributed by atoms with Crippen molar-refractivity contribution in [3.05, 3.63) is 53.1 Å². The molecule has 0 aliphatic carbocycles. The highest BCUT2D eigenvalue weighted by atomic mass is 32.1. The number of ether oxygens (including phenoxy) is 1. The molecule has 2 aromatic rings. The second-order valence-corrected chi connectivity index (χ2v) is 4.95. The number of benzene rings is 2. The lowest BCUT2D eigenvalue weighted by atomic mass is 10.1. The molecule has 0 spiro atoms. The van der Waals surface area contributed by atoms with E-state index in [1.54, 1.807) is 12.1 Å². The molecule has 0 aromatic heterocycles. The van der Waals surface area contributed by atoms with Crippen molar-refractivity contribution in [3.63, 3.8) is 0 Å². The Hall–Kier alpha value is -2.21. The van der Waals surface area contributed by atoms with E-state index in [1.807, 2.05) is 13.0 Å². The highest BCUT2D eigenvalue weighted by Crippen LogP contribution is 2.31. The van der Waals surface area contributed by atoms with E-state index in [0.29, 0.717) is 11.4 Å². The molecule has 0 heterocycles. The van der Waals surface area contributed by atoms with Crippen molar-refractivity contribution in [2.24, 2.45) is 5.73 Å². The van der Waals surface area contributed by atoms with Crippen LogP contribution in [0.4, 0.5) is 20.2 Å². The quantitative estimate of drug-likeness (QED) is 0.846. The summed E-state index contributed by atoms with van der Waals surface area (Å²) in [5.74, 6) is -1.07. The van der Waals surface area contributed by atoms with E-state index in [4.69, 9.17) is 22.7 Å². The molecule has 0 aliphatic rings. The first-order chi connectivity index (χ1) is 9.92. The van der Waals surface area contributed by atoms with Gasteiger partial charge in [0.25, 0.3) is 0 Å². The van der Waals surface area contributed by atoms with Gasteiger partial charge in [0.05, 0.1) is 12.8 Å². The first-order valence-corrected chi connectivity index (χ1v) is 6.53. The molecular formula is C15H14F2N2OS. The number of anilines is 2. The minimum Gasteiger partial charge on any atom is -0.495 e. The number of nitrogens with two attached hydrogens (primary N) is 1. The molecule has 6 heteroatoms. The third kappa shape index (κ3) is 3.28. The van der Waals surface area contributed by atoms with Crippen molar-refractivity contribution in [2.45, 2.75) is 6.92 Å². The number of hydrogen-bond donors (Lipinski definition) is 2. The smallest absolute Gasteiger partial charge is 0.150 e. The Balaban J connectivity index is 2.45. The predicted octanol–water partition coefficient (Wildman–Crippen LogP) is 3.66. The zero-order chi connectivity index (χ0) is 15.6. The maximum absolute atomic E-state index is 14.0. The first kappa shape index (κ1) is 15.2. The second kappa shape index (κ2) is 6.05. The molecule has 3 N–H and O–H groups in total. The summed E-state index contributed by atoms with van der Waals surface area (Å²) < 4.78 is 33.2. The van der Waals surface area contributed by atoms with Gasteiger partial charge in [-0.15, -0.1) is 0 Å². The van der Waals surface area contributed by atoms with E-state index in [2.05, 4.69) is 5.32 Å². The molecule has 0 bridgehead atoms. The highest BCUT2D eigenvalue weighted by Gasteiger charge is 2.14. The summed E-state index contributed by atoms with van der Waals surface area (Å²) in [6.07, 6.45) is 0. The van der Waals surface area contributed by atoms with Gasteiger partial charge in [-0.1, -0.05) is 18.3 Å². The van der Waals surface area contributed by atoms with Gasteiger partial charge in [-0.25, -0.2) is 8.78 Å². The van der Waals surface area contributed by atoms with Crippen molar-refractivity contribution in [1.82, 2.24) is 0 Å². The maximum atomic E-state index is 14.0. The lowest BCUT2D eigenvalue weighted by Crippen LogP contribution is -2.11. The van der Waals surface area contributed by atoms with E-state index in [9.17, 15) is 8.78 Å². The van der Waals surface area contributed by atoms with Crippen LogP contribution >= 0.6 is 12.2 Å². The molecule has 3 nitrogen and oxygen atoms in total. The third-order valence-electron chi connectivity index (χ3n) is 2.94. The zero-order valence-electron chi connectivity index (χ0n) is 11.5. The molecule has 0 unspecified atom stereocenters. The van der Waals surface area contributed by atoms with Gasteiger partial charge in [0, 0.05) is 5.56 Å². The Bertz CT molecular complexity index is 681. The van der Waals surface area contributed by atoms with Crippen LogP contribution in [-0.4, -0.2) is 12.1 Å². The molecule has 2 rings (SSSR count). The van der Waals surface area contributed by atoms with Crippen LogP contribution in [0, 0.1) is 18.6 Å². The van der Waals surface area contributed by atoms with Crippen LogP contribution in [0.25, 0.3) is 0 Å². The Morgan fingerprint density at radius 3 is 2.33 bits per heavy atom. The topological polar surface area (TPSA) is 47.3 Å². The van der Waals surface area contributed by atoms with Crippen molar-refractivity contribution < 1.29 is 13.5 Å². The maximum Gasteiger partial charge on any atom is 0.150 e. The first-order valence-electron chi connectivity index (χ1n) is 6.13. The number of halogens is 2. The summed E-state index contributed by atoms with van der Waals surface area (Å²) >= 11 is 4.71. The summed E-state index contributed by atoms with van der Waals surface area (Å²) in [6.45, 7) is 1.87. The Labute approximate surface area is 126 Å². The fourth-order valence-electron chi connectivity index (χ4n) is 1.89. The standard InChI is InChI=1S/C15H14F2N2OS/c1-8-3-4-13(20-2)12(5-8)19-14-10(16)6-9(15(18)21)7-11(14)17/h3-7,19H,1-2H3,(H2,18,21). The number of hydrogen-bond acceptors (Lipinski definition) is 3. The highest BCUT2D eigenvalue weighted by molar-refractivity contribution is 7.80. The molecule has 0 saturated carbocycles. The molecule has 21 heavy (non-hydrogen) atoms. The fraction of sp³-hybridized carbons (Fsp3) is 0.133. The van der Waals surface area contributed by atoms with E-state index >= 15 is 0 Å². The molecular weight excluding hydrogens is 294 g/mol. The number of methoxy groups -OCH3 is 1. The number of nitrogens with one attached hydrogen (secondary N) is 1. The Morgan fingerprint density at radius 2 is 1.81 bits per heavy atom. The van der Waals surface area contributed by atoms with E-state index in [-0.39, 0.29) is 16.2 Å². The van der Waals surface area contributed by atoms with E-state index in [0.717, 1.165) is 17.7 Å². The predicted molar refractivity (Wildman–Crippen MR) is 83.3 cm³/mol. The van der Waals surface area contributed by atoms with Crippen LogP contribution in [0.5, 0.6) is 5.75 Å². The largest absolute Gasteiger partial charge is 0.495 e. The number of rotatable bonds is 4. The lowest BCUT2D eigenvalue weighted by molar-refractivity contribution is 0.416. The van der Waals surface area contributed by atoms with E-state index in [1.165, 1.54) is 7.11 Å². The van der Waals surface area contributed by atoms with Crippen LogP contribution in [0.1, 0.15) is 11.1 Å². The van der Waals surface area contributed by atoms with Crippen molar-refractivity contribution >= 4 is 28.6 Å². The van der Waals surface area contributed by atoms with Crippen molar-refractivity contribution in [3.8, 4) is 5.75 Å². The van der Waals surface area contributed by atoms with Gasteiger partial charge in [-0.05, 0) is 36.8 Å². The minimum atomic E-state index is -0.777. The van der Waals surface area contributed by atoms with E-state index < -0.39 is 11.6 Å². The summed E-state index contributed by atoms with van der Waals surface area (Å²) in [5.41, 5.74) is 6.64. The van der Waals surface area contributed by atoms with Gasteiger partial charge in [0.15, 0.2) is 0 Å². The Kier molecular flexibility index (Phi) is 4.37. The molecule has 0 saturated heterocycles. The van der Waals surface area contributed by atoms with Gasteiger partial charge in [-0.3, -0.25) is 0 Å². The third-order valence-corrected chi connectivity index (χ3v) is 3.18. The Morgan fingerprint density at radius 1 is 1.19 bits per heavy atom. The fourth-order valence-corrected chi connectivity index (χ4v) is 2.01. The van der Waals surface area contributed by atoms with Crippen LogP contribution in [0.2, 0.25) is 0 Å². The monoisotopic (exact) mass is 308 g/mol. The van der Waals surface area contributed by atoms with Crippen LogP contribution in [-0.2, 0) is 0 Å². The number of aryl methyl sites for hydroxylation is 1. The lowest BCUT2D eigenvalue weighted by Gasteiger charge is -2.14. The number of thiocarbonyl (C=S) groups is 1. The normalized spacial score (nSPS) is 10.3. The average molecular weight is 308 g/mol. The molecule has 0 aliphatic heterocycles. The van der Waals surface area contributed by atoms with Crippen LogP contribution in [0.15, 0.2) is 30.3 Å². The molecule has 0 fully saturated rings. The second-order valence-electron chi connectivity index (χ2n) is 4.51. The molecule has 0 radical (unpaired) electrons. The summed E-state index contributed by atoms with van der Waals surface area (Å²) in [7, 11) is 1.48. The van der Waals surface area contributed by atoms with Gasteiger partial charge in [-0.2, -0.15) is 0 Å². The van der Waals surface area contributed by atoms with Crippen molar-refractivity contribution in [2.75, 3.05) is 12.4 Å². The average Bonchev–Trinajstić information content (AvgIpc) is 2.42. The van der Waals surface area contributed by atoms with Crippen molar-refractivity contribution in [1.29, 1.82) is 0 Å². The minimum absolute atomic E-state index is 0.0625. The molecule has 2 aromatic carbocycles. The van der Waals surface area contributed by atoms with Gasteiger partial charge < -0.3 is 15.8 Å². The molecule has 110 valence electrons. The summed E-state index contributed by atoms with van der Waals surface area (Å²) in [4.78, 5) is -0.0625. The zero-order valence-corrected chi connectivity index (χ0v) is 12.4. The van der Waals surface area contributed by atoms with Crippen LogP contribution < -0.4 is 15.8 Å². The molecule has 0 atom stereocenters. The van der Waals surface area contributed by atoms with Gasteiger partial charge in [0.2, 0.25) is 0 Å².